The van der Waals surface area contributed by atoms with Gasteiger partial charge in [-0.25, -0.2) is 4.98 Å². The van der Waals surface area contributed by atoms with Gasteiger partial charge in [0.2, 0.25) is 0 Å². The van der Waals surface area contributed by atoms with Crippen LogP contribution in [0.15, 0.2) is 18.2 Å². The van der Waals surface area contributed by atoms with Crippen molar-refractivity contribution in [3.8, 4) is 0 Å². The molecule has 0 aliphatic carbocycles. The summed E-state index contributed by atoms with van der Waals surface area (Å²) in [6.07, 6.45) is 0.285. The number of benzene rings is 1. The molecule has 0 aliphatic rings. The van der Waals surface area contributed by atoms with Crippen molar-refractivity contribution < 1.29 is 13.2 Å². The first-order chi connectivity index (χ1) is 9.50. The number of hydrogen-bond donors (Lipinski definition) is 1. The first-order valence-electron chi connectivity index (χ1n) is 6.72. The van der Waals surface area contributed by atoms with E-state index < -0.39 is 11.7 Å². The van der Waals surface area contributed by atoms with Gasteiger partial charge in [0.25, 0.3) is 0 Å². The Kier molecular flexibility index (Phi) is 4.86. The van der Waals surface area contributed by atoms with Crippen LogP contribution in [0.4, 0.5) is 18.3 Å². The maximum atomic E-state index is 12.6. The lowest BCUT2D eigenvalue weighted by molar-refractivity contribution is -0.137. The number of anilines is 1. The Morgan fingerprint density at radius 2 is 2.00 bits per heavy atom. The summed E-state index contributed by atoms with van der Waals surface area (Å²) in [6, 6.07) is 3.69. The van der Waals surface area contributed by atoms with Gasteiger partial charge in [0.1, 0.15) is 0 Å². The van der Waals surface area contributed by atoms with Crippen molar-refractivity contribution in [2.75, 3.05) is 11.9 Å². The van der Waals surface area contributed by atoms with Crippen molar-refractivity contribution in [3.63, 3.8) is 0 Å². The molecule has 0 saturated carbocycles. The number of nitrogens with one attached hydrogen (secondary N) is 1. The molecule has 0 amide bonds. The molecule has 1 aromatic heterocycles. The fourth-order valence-corrected chi connectivity index (χ4v) is 2.80. The van der Waals surface area contributed by atoms with Crippen LogP contribution in [-0.2, 0) is 6.18 Å². The Bertz CT molecular complexity index is 563. The SMILES string of the molecule is CCCCCCNc1nc2cc(C(F)(F)F)ccc2s1. The van der Waals surface area contributed by atoms with Crippen LogP contribution < -0.4 is 5.32 Å². The average Bonchev–Trinajstić information content (AvgIpc) is 2.79. The van der Waals surface area contributed by atoms with Gasteiger partial charge in [0.05, 0.1) is 15.8 Å². The van der Waals surface area contributed by atoms with E-state index in [-0.39, 0.29) is 0 Å². The predicted octanol–water partition coefficient (Wildman–Crippen LogP) is 5.31. The van der Waals surface area contributed by atoms with Crippen LogP contribution in [0.2, 0.25) is 0 Å². The maximum Gasteiger partial charge on any atom is 0.416 e. The van der Waals surface area contributed by atoms with Crippen LogP contribution >= 0.6 is 11.3 Å². The van der Waals surface area contributed by atoms with E-state index in [4.69, 9.17) is 0 Å². The number of nitrogens with zero attached hydrogens (tertiary/aromatic N) is 1. The number of alkyl halides is 3. The molecule has 0 fully saturated rings. The Labute approximate surface area is 120 Å². The Morgan fingerprint density at radius 3 is 2.70 bits per heavy atom. The molecule has 0 saturated heterocycles. The summed E-state index contributed by atoms with van der Waals surface area (Å²) in [5, 5.41) is 3.87. The predicted molar refractivity (Wildman–Crippen MR) is 77.3 cm³/mol. The van der Waals surface area contributed by atoms with Crippen LogP contribution in [-0.4, -0.2) is 11.5 Å². The van der Waals surface area contributed by atoms with E-state index in [1.807, 2.05) is 0 Å². The van der Waals surface area contributed by atoms with Crippen molar-refractivity contribution in [3.05, 3.63) is 23.8 Å². The molecule has 0 atom stereocenters. The zero-order valence-corrected chi connectivity index (χ0v) is 12.1. The van der Waals surface area contributed by atoms with Crippen molar-refractivity contribution in [1.29, 1.82) is 0 Å². The summed E-state index contributed by atoms with van der Waals surface area (Å²) in [6.45, 7) is 2.96. The lowest BCUT2D eigenvalue weighted by Gasteiger charge is -2.04. The molecular weight excluding hydrogens is 285 g/mol. The highest BCUT2D eigenvalue weighted by molar-refractivity contribution is 7.22. The van der Waals surface area contributed by atoms with Gasteiger partial charge in [-0.15, -0.1) is 0 Å². The molecule has 1 heterocycles. The first-order valence-corrected chi connectivity index (χ1v) is 7.54. The Balaban J connectivity index is 2.02. The molecule has 110 valence electrons. The van der Waals surface area contributed by atoms with Crippen LogP contribution in [0.1, 0.15) is 38.2 Å². The van der Waals surface area contributed by atoms with Gasteiger partial charge in [-0.05, 0) is 24.6 Å². The molecule has 20 heavy (non-hydrogen) atoms. The summed E-state index contributed by atoms with van der Waals surface area (Å²) < 4.78 is 38.6. The zero-order valence-electron chi connectivity index (χ0n) is 11.3. The molecule has 0 aliphatic heterocycles. The second-order valence-electron chi connectivity index (χ2n) is 4.69. The highest BCUT2D eigenvalue weighted by Crippen LogP contribution is 2.33. The Hall–Kier alpha value is -1.30. The molecule has 0 bridgehead atoms. The molecule has 0 spiro atoms. The van der Waals surface area contributed by atoms with Crippen molar-refractivity contribution in [2.24, 2.45) is 0 Å². The molecule has 6 heteroatoms. The summed E-state index contributed by atoms with van der Waals surface area (Å²) in [7, 11) is 0. The van der Waals surface area contributed by atoms with Crippen LogP contribution in [0.5, 0.6) is 0 Å². The van der Waals surface area contributed by atoms with E-state index in [1.54, 1.807) is 0 Å². The number of halogens is 3. The molecule has 0 unspecified atom stereocenters. The van der Waals surface area contributed by atoms with Gasteiger partial charge in [0, 0.05) is 6.54 Å². The lowest BCUT2D eigenvalue weighted by atomic mass is 10.2. The summed E-state index contributed by atoms with van der Waals surface area (Å²) in [5.41, 5.74) is -0.245. The largest absolute Gasteiger partial charge is 0.416 e. The smallest absolute Gasteiger partial charge is 0.361 e. The summed E-state index contributed by atoms with van der Waals surface area (Å²) in [5.74, 6) is 0. The third-order valence-electron chi connectivity index (χ3n) is 3.02. The van der Waals surface area contributed by atoms with E-state index in [9.17, 15) is 13.2 Å². The Morgan fingerprint density at radius 1 is 1.20 bits per heavy atom. The second kappa shape index (κ2) is 6.43. The minimum absolute atomic E-state index is 0.404. The fraction of sp³-hybridized carbons (Fsp3) is 0.500. The molecule has 0 radical (unpaired) electrons. The van der Waals surface area contributed by atoms with E-state index >= 15 is 0 Å². The third kappa shape index (κ3) is 3.85. The second-order valence-corrected chi connectivity index (χ2v) is 5.72. The van der Waals surface area contributed by atoms with E-state index in [0.717, 1.165) is 36.2 Å². The highest BCUT2D eigenvalue weighted by atomic mass is 32.1. The van der Waals surface area contributed by atoms with Gasteiger partial charge in [-0.1, -0.05) is 37.5 Å². The molecule has 2 nitrogen and oxygen atoms in total. The van der Waals surface area contributed by atoms with Gasteiger partial charge >= 0.3 is 6.18 Å². The number of hydrogen-bond acceptors (Lipinski definition) is 3. The molecule has 1 aromatic carbocycles. The van der Waals surface area contributed by atoms with E-state index in [0.29, 0.717) is 10.6 Å². The number of fused-ring (bicyclic) bond motifs is 1. The highest BCUT2D eigenvalue weighted by Gasteiger charge is 2.30. The molecule has 1 N–H and O–H groups in total. The third-order valence-corrected chi connectivity index (χ3v) is 4.02. The summed E-state index contributed by atoms with van der Waals surface area (Å²) >= 11 is 1.39. The van der Waals surface area contributed by atoms with E-state index in [1.165, 1.54) is 30.2 Å². The molecule has 2 rings (SSSR count). The van der Waals surface area contributed by atoms with Crippen LogP contribution in [0.3, 0.4) is 0 Å². The topological polar surface area (TPSA) is 24.9 Å². The zero-order chi connectivity index (χ0) is 14.6. The van der Waals surface area contributed by atoms with E-state index in [2.05, 4.69) is 17.2 Å². The van der Waals surface area contributed by atoms with Gasteiger partial charge in [-0.3, -0.25) is 0 Å². The molecule has 2 aromatic rings. The van der Waals surface area contributed by atoms with Gasteiger partial charge in [0.15, 0.2) is 5.13 Å². The monoisotopic (exact) mass is 302 g/mol. The minimum Gasteiger partial charge on any atom is -0.361 e. The van der Waals surface area contributed by atoms with Crippen molar-refractivity contribution in [1.82, 2.24) is 4.98 Å². The van der Waals surface area contributed by atoms with Crippen molar-refractivity contribution in [2.45, 2.75) is 38.8 Å². The van der Waals surface area contributed by atoms with Crippen molar-refractivity contribution >= 4 is 26.7 Å². The van der Waals surface area contributed by atoms with Crippen LogP contribution in [0, 0.1) is 0 Å². The maximum absolute atomic E-state index is 12.6. The average molecular weight is 302 g/mol. The number of rotatable bonds is 6. The summed E-state index contributed by atoms with van der Waals surface area (Å²) in [4.78, 5) is 4.21. The molecular formula is C14H17F3N2S. The standard InChI is InChI=1S/C14H17F3N2S/c1-2-3-4-5-8-18-13-19-11-9-10(14(15,16)17)6-7-12(11)20-13/h6-7,9H,2-5,8H2,1H3,(H,18,19). The quantitative estimate of drug-likeness (QED) is 0.732. The number of aromatic nitrogens is 1. The number of unbranched alkanes of at least 4 members (excludes halogenated alkanes) is 3. The van der Waals surface area contributed by atoms with Crippen LogP contribution in [0.25, 0.3) is 10.2 Å². The minimum atomic E-state index is -4.31. The fourth-order valence-electron chi connectivity index (χ4n) is 1.93. The van der Waals surface area contributed by atoms with Gasteiger partial charge < -0.3 is 5.32 Å². The normalized spacial score (nSPS) is 12.0. The first kappa shape index (κ1) is 15.1. The number of thiazole rings is 1. The van der Waals surface area contributed by atoms with Gasteiger partial charge in [-0.2, -0.15) is 13.2 Å². The lowest BCUT2D eigenvalue weighted by Crippen LogP contribution is -2.04.